The van der Waals surface area contributed by atoms with E-state index in [2.05, 4.69) is 32.9 Å². The van der Waals surface area contributed by atoms with Gasteiger partial charge in [-0.05, 0) is 52.9 Å². The summed E-state index contributed by atoms with van der Waals surface area (Å²) < 4.78 is 6.22. The van der Waals surface area contributed by atoms with Crippen molar-refractivity contribution in [1.82, 2.24) is 5.32 Å². The van der Waals surface area contributed by atoms with Crippen LogP contribution >= 0.6 is 22.6 Å². The van der Waals surface area contributed by atoms with Crippen LogP contribution in [-0.2, 0) is 16.1 Å². The summed E-state index contributed by atoms with van der Waals surface area (Å²) in [7, 11) is 1.56. The number of rotatable bonds is 5. The first-order valence-electron chi connectivity index (χ1n) is 8.07. The van der Waals surface area contributed by atoms with Crippen molar-refractivity contribution in [3.05, 3.63) is 57.7 Å². The fraction of sp³-hybridized carbons (Fsp3) is 0.158. The number of para-hydroxylation sites is 1. The number of carbonyl (C=O) groups excluding carboxylic acids is 3. The van der Waals surface area contributed by atoms with Crippen molar-refractivity contribution < 1.29 is 19.1 Å². The molecule has 138 valence electrons. The number of hydrogen-bond acceptors (Lipinski definition) is 5. The number of halogens is 1. The van der Waals surface area contributed by atoms with Gasteiger partial charge >= 0.3 is 6.03 Å². The number of anilines is 1. The van der Waals surface area contributed by atoms with Gasteiger partial charge in [0, 0.05) is 15.3 Å². The third kappa shape index (κ3) is 4.16. The van der Waals surface area contributed by atoms with E-state index in [4.69, 9.17) is 4.74 Å². The predicted octanol–water partition coefficient (Wildman–Crippen LogP) is 2.77. The number of hydrogen-bond donors (Lipinski definition) is 1. The Hall–Kier alpha value is -2.75. The molecule has 1 saturated heterocycles. The van der Waals surface area contributed by atoms with E-state index in [0.717, 1.165) is 14.0 Å². The molecule has 0 saturated carbocycles. The summed E-state index contributed by atoms with van der Waals surface area (Å²) in [5, 5.41) is 2.20. The number of methoxy groups -OCH3 is 1. The van der Waals surface area contributed by atoms with E-state index in [1.54, 1.807) is 37.4 Å². The minimum Gasteiger partial charge on any atom is -0.496 e. The molecule has 1 atom stereocenters. The van der Waals surface area contributed by atoms with Crippen LogP contribution in [0, 0.1) is 9.49 Å². The third-order valence-electron chi connectivity index (χ3n) is 4.00. The van der Waals surface area contributed by atoms with Crippen LogP contribution in [0.5, 0.6) is 5.75 Å². The molecule has 2 aromatic rings. The molecule has 27 heavy (non-hydrogen) atoms. The Morgan fingerprint density at radius 2 is 1.85 bits per heavy atom. The van der Waals surface area contributed by atoms with E-state index in [0.29, 0.717) is 11.4 Å². The molecular formula is C19H16IN3O4. The molecule has 4 amide bonds. The molecule has 1 fully saturated rings. The fourth-order valence-corrected chi connectivity index (χ4v) is 3.01. The Morgan fingerprint density at radius 3 is 2.56 bits per heavy atom. The summed E-state index contributed by atoms with van der Waals surface area (Å²) in [5.74, 6) is -1.81. The maximum absolute atomic E-state index is 12.7. The van der Waals surface area contributed by atoms with Crippen molar-refractivity contribution in [2.24, 2.45) is 10.9 Å². The van der Waals surface area contributed by atoms with Crippen LogP contribution in [0.15, 0.2) is 53.5 Å². The van der Waals surface area contributed by atoms with Gasteiger partial charge < -0.3 is 4.74 Å². The van der Waals surface area contributed by atoms with Crippen molar-refractivity contribution in [2.75, 3.05) is 12.0 Å². The van der Waals surface area contributed by atoms with Gasteiger partial charge in [0.15, 0.2) is 5.92 Å². The lowest BCUT2D eigenvalue weighted by molar-refractivity contribution is -0.131. The van der Waals surface area contributed by atoms with Crippen LogP contribution < -0.4 is 15.0 Å². The second kappa shape index (κ2) is 8.30. The Kier molecular flexibility index (Phi) is 5.84. The van der Waals surface area contributed by atoms with Crippen molar-refractivity contribution in [1.29, 1.82) is 0 Å². The first-order chi connectivity index (χ1) is 13.0. The topological polar surface area (TPSA) is 88.1 Å². The van der Waals surface area contributed by atoms with Crippen molar-refractivity contribution in [3.63, 3.8) is 0 Å². The highest BCUT2D eigenvalue weighted by Crippen LogP contribution is 2.22. The van der Waals surface area contributed by atoms with Gasteiger partial charge in [-0.2, -0.15) is 0 Å². The van der Waals surface area contributed by atoms with Crippen LogP contribution in [0.3, 0.4) is 0 Å². The Bertz CT molecular complexity index is 911. The fourth-order valence-electron chi connectivity index (χ4n) is 2.65. The van der Waals surface area contributed by atoms with Gasteiger partial charge in [-0.25, -0.2) is 9.69 Å². The lowest BCUT2D eigenvalue weighted by atomic mass is 10.1. The maximum Gasteiger partial charge on any atom is 0.335 e. The average molecular weight is 477 g/mol. The standard InChI is InChI=1S/C19H16IN3O4/c1-27-16-5-3-2-4-12(16)10-21-11-15-17(24)22-19(26)23(18(15)25)14-8-6-13(20)7-9-14/h2-9,11,15H,10H2,1H3,(H,22,24,26)/t15-/m0/s1. The largest absolute Gasteiger partial charge is 0.496 e. The minimum atomic E-state index is -1.17. The van der Waals surface area contributed by atoms with Gasteiger partial charge in [-0.1, -0.05) is 18.2 Å². The molecule has 1 N–H and O–H groups in total. The summed E-state index contributed by atoms with van der Waals surface area (Å²) in [6.45, 7) is 0.249. The molecule has 1 aliphatic rings. The summed E-state index contributed by atoms with van der Waals surface area (Å²) in [6.07, 6.45) is 1.27. The van der Waals surface area contributed by atoms with Crippen molar-refractivity contribution in [2.45, 2.75) is 6.54 Å². The van der Waals surface area contributed by atoms with Crippen LogP contribution in [0.25, 0.3) is 0 Å². The molecule has 2 aromatic carbocycles. The summed E-state index contributed by atoms with van der Waals surface area (Å²) in [6, 6.07) is 13.4. The predicted molar refractivity (Wildman–Crippen MR) is 109 cm³/mol. The van der Waals surface area contributed by atoms with Gasteiger partial charge in [-0.3, -0.25) is 19.9 Å². The Labute approximate surface area is 169 Å². The average Bonchev–Trinajstić information content (AvgIpc) is 2.66. The van der Waals surface area contributed by atoms with Gasteiger partial charge in [0.2, 0.25) is 5.91 Å². The number of barbiturate groups is 1. The lowest BCUT2D eigenvalue weighted by Crippen LogP contribution is -2.58. The van der Waals surface area contributed by atoms with Crippen LogP contribution in [0.1, 0.15) is 5.56 Å². The number of benzene rings is 2. The summed E-state index contributed by atoms with van der Waals surface area (Å²) >= 11 is 2.13. The quantitative estimate of drug-likeness (QED) is 0.408. The zero-order valence-electron chi connectivity index (χ0n) is 14.4. The number of imide groups is 2. The second-order valence-electron chi connectivity index (χ2n) is 5.72. The lowest BCUT2D eigenvalue weighted by Gasteiger charge is -2.28. The van der Waals surface area contributed by atoms with E-state index in [1.807, 2.05) is 18.2 Å². The van der Waals surface area contributed by atoms with Gasteiger partial charge in [0.25, 0.3) is 5.91 Å². The number of nitrogens with zero attached hydrogens (tertiary/aromatic N) is 2. The monoisotopic (exact) mass is 477 g/mol. The summed E-state index contributed by atoms with van der Waals surface area (Å²) in [4.78, 5) is 42.1. The van der Waals surface area contributed by atoms with E-state index in [-0.39, 0.29) is 6.54 Å². The highest BCUT2D eigenvalue weighted by Gasteiger charge is 2.40. The SMILES string of the molecule is COc1ccccc1CN=C[C@H]1C(=O)NC(=O)N(c2ccc(I)cc2)C1=O. The number of aliphatic imine (C=N–C) groups is 1. The molecule has 1 aliphatic heterocycles. The molecule has 0 aliphatic carbocycles. The normalized spacial score (nSPS) is 17.3. The number of carbonyl (C=O) groups is 3. The number of nitrogens with one attached hydrogen (secondary N) is 1. The molecule has 0 bridgehead atoms. The van der Waals surface area contributed by atoms with Crippen LogP contribution in [0.4, 0.5) is 10.5 Å². The Balaban J connectivity index is 1.80. The van der Waals surface area contributed by atoms with E-state index >= 15 is 0 Å². The minimum absolute atomic E-state index is 0.249. The first-order valence-corrected chi connectivity index (χ1v) is 9.15. The number of ether oxygens (including phenoxy) is 1. The zero-order valence-corrected chi connectivity index (χ0v) is 16.5. The van der Waals surface area contributed by atoms with Gasteiger partial charge in [0.1, 0.15) is 5.75 Å². The number of amides is 4. The van der Waals surface area contributed by atoms with Crippen molar-refractivity contribution in [3.8, 4) is 5.75 Å². The van der Waals surface area contributed by atoms with E-state index < -0.39 is 23.8 Å². The highest BCUT2D eigenvalue weighted by molar-refractivity contribution is 14.1. The molecule has 0 radical (unpaired) electrons. The summed E-state index contributed by atoms with van der Waals surface area (Å²) in [5.41, 5.74) is 1.22. The molecule has 0 aromatic heterocycles. The number of urea groups is 1. The van der Waals surface area contributed by atoms with Crippen LogP contribution in [-0.4, -0.2) is 31.2 Å². The Morgan fingerprint density at radius 1 is 1.15 bits per heavy atom. The smallest absolute Gasteiger partial charge is 0.335 e. The second-order valence-corrected chi connectivity index (χ2v) is 6.97. The molecular weight excluding hydrogens is 461 g/mol. The molecule has 1 heterocycles. The van der Waals surface area contributed by atoms with Gasteiger partial charge in [-0.15, -0.1) is 0 Å². The molecule has 0 unspecified atom stereocenters. The molecule has 8 heteroatoms. The van der Waals surface area contributed by atoms with Crippen molar-refractivity contribution >= 4 is 52.3 Å². The molecule has 7 nitrogen and oxygen atoms in total. The zero-order chi connectivity index (χ0) is 19.4. The first kappa shape index (κ1) is 19.0. The van der Waals surface area contributed by atoms with E-state index in [1.165, 1.54) is 6.21 Å². The maximum atomic E-state index is 12.7. The molecule has 0 spiro atoms. The van der Waals surface area contributed by atoms with Crippen LogP contribution in [0.2, 0.25) is 0 Å². The third-order valence-corrected chi connectivity index (χ3v) is 4.71. The highest BCUT2D eigenvalue weighted by atomic mass is 127. The molecule has 3 rings (SSSR count). The van der Waals surface area contributed by atoms with E-state index in [9.17, 15) is 14.4 Å². The van der Waals surface area contributed by atoms with Gasteiger partial charge in [0.05, 0.1) is 19.3 Å².